The van der Waals surface area contributed by atoms with E-state index in [9.17, 15) is 9.59 Å². The van der Waals surface area contributed by atoms with Gasteiger partial charge in [-0.05, 0) is 24.2 Å². The number of carbonyl (C=O) groups is 2. The highest BCUT2D eigenvalue weighted by molar-refractivity contribution is 6.30. The van der Waals surface area contributed by atoms with Crippen molar-refractivity contribution in [3.05, 3.63) is 34.9 Å². The quantitative estimate of drug-likeness (QED) is 0.720. The van der Waals surface area contributed by atoms with Gasteiger partial charge in [-0.3, -0.25) is 14.5 Å². The second-order valence-electron chi connectivity index (χ2n) is 4.88. The van der Waals surface area contributed by atoms with Crippen molar-refractivity contribution in [2.75, 3.05) is 33.8 Å². The molecule has 0 saturated heterocycles. The molecule has 1 aromatic carbocycles. The Balaban J connectivity index is 2.44. The van der Waals surface area contributed by atoms with Crippen molar-refractivity contribution in [3.63, 3.8) is 0 Å². The van der Waals surface area contributed by atoms with Crippen LogP contribution in [0, 0.1) is 0 Å². The van der Waals surface area contributed by atoms with Gasteiger partial charge >= 0.3 is 5.97 Å². The Bertz CT molecular complexity index is 474. The fraction of sp³-hybridized carbons (Fsp3) is 0.467. The molecule has 0 radical (unpaired) electrons. The van der Waals surface area contributed by atoms with Crippen molar-refractivity contribution in [3.8, 4) is 0 Å². The SMILES string of the molecule is CCN(CC(=O)OCC(=O)N(C)C)Cc1ccc(Cl)cc1. The third-order valence-electron chi connectivity index (χ3n) is 2.97. The van der Waals surface area contributed by atoms with E-state index in [1.54, 1.807) is 14.1 Å². The van der Waals surface area contributed by atoms with Crippen LogP contribution in [0.4, 0.5) is 0 Å². The molecule has 116 valence electrons. The molecule has 5 nitrogen and oxygen atoms in total. The standard InChI is InChI=1S/C15H21ClN2O3/c1-4-18(9-12-5-7-13(16)8-6-12)10-15(20)21-11-14(19)17(2)3/h5-8H,4,9-11H2,1-3H3. The lowest BCUT2D eigenvalue weighted by molar-refractivity contribution is -0.152. The number of ether oxygens (including phenoxy) is 1. The maximum absolute atomic E-state index is 11.7. The highest BCUT2D eigenvalue weighted by atomic mass is 35.5. The molecule has 0 aliphatic carbocycles. The number of esters is 1. The maximum Gasteiger partial charge on any atom is 0.320 e. The monoisotopic (exact) mass is 312 g/mol. The lowest BCUT2D eigenvalue weighted by atomic mass is 10.2. The van der Waals surface area contributed by atoms with Crippen LogP contribution in [0.15, 0.2) is 24.3 Å². The summed E-state index contributed by atoms with van der Waals surface area (Å²) in [4.78, 5) is 26.4. The lowest BCUT2D eigenvalue weighted by Crippen LogP contribution is -2.33. The van der Waals surface area contributed by atoms with E-state index in [-0.39, 0.29) is 19.1 Å². The van der Waals surface area contributed by atoms with Crippen molar-refractivity contribution in [1.82, 2.24) is 9.80 Å². The van der Waals surface area contributed by atoms with Gasteiger partial charge in [-0.15, -0.1) is 0 Å². The molecule has 0 fully saturated rings. The molecule has 0 atom stereocenters. The van der Waals surface area contributed by atoms with Gasteiger partial charge in [-0.25, -0.2) is 0 Å². The molecule has 0 spiro atoms. The Morgan fingerprint density at radius 3 is 2.33 bits per heavy atom. The van der Waals surface area contributed by atoms with E-state index in [0.29, 0.717) is 18.1 Å². The van der Waals surface area contributed by atoms with E-state index in [1.165, 1.54) is 4.90 Å². The van der Waals surface area contributed by atoms with Gasteiger partial charge < -0.3 is 9.64 Å². The molecule has 0 heterocycles. The molecular weight excluding hydrogens is 292 g/mol. The molecule has 0 aromatic heterocycles. The number of hydrogen-bond donors (Lipinski definition) is 0. The zero-order valence-electron chi connectivity index (χ0n) is 12.6. The maximum atomic E-state index is 11.7. The smallest absolute Gasteiger partial charge is 0.320 e. The van der Waals surface area contributed by atoms with Crippen molar-refractivity contribution < 1.29 is 14.3 Å². The van der Waals surface area contributed by atoms with Crippen LogP contribution in [0.25, 0.3) is 0 Å². The average molecular weight is 313 g/mol. The average Bonchev–Trinajstić information content (AvgIpc) is 2.46. The van der Waals surface area contributed by atoms with Crippen LogP contribution in [0.2, 0.25) is 5.02 Å². The Hall–Kier alpha value is -1.59. The number of likely N-dealkylation sites (N-methyl/N-ethyl adjacent to an activating group) is 2. The van der Waals surface area contributed by atoms with Crippen molar-refractivity contribution in [2.45, 2.75) is 13.5 Å². The van der Waals surface area contributed by atoms with E-state index < -0.39 is 5.97 Å². The zero-order valence-corrected chi connectivity index (χ0v) is 13.4. The molecule has 1 amide bonds. The summed E-state index contributed by atoms with van der Waals surface area (Å²) in [6.45, 7) is 3.24. The topological polar surface area (TPSA) is 49.9 Å². The van der Waals surface area contributed by atoms with Gasteiger partial charge in [0, 0.05) is 25.7 Å². The number of halogens is 1. The predicted octanol–water partition coefficient (Wildman–Crippen LogP) is 1.79. The first-order valence-corrected chi connectivity index (χ1v) is 7.12. The lowest BCUT2D eigenvalue weighted by Gasteiger charge is -2.19. The number of rotatable bonds is 7. The fourth-order valence-corrected chi connectivity index (χ4v) is 1.75. The fourth-order valence-electron chi connectivity index (χ4n) is 1.63. The highest BCUT2D eigenvalue weighted by Crippen LogP contribution is 2.11. The Kier molecular flexibility index (Phi) is 7.19. The Morgan fingerprint density at radius 2 is 1.81 bits per heavy atom. The minimum Gasteiger partial charge on any atom is -0.455 e. The Labute approximate surface area is 130 Å². The number of amides is 1. The van der Waals surface area contributed by atoms with E-state index in [0.717, 1.165) is 5.56 Å². The van der Waals surface area contributed by atoms with Gasteiger partial charge in [-0.2, -0.15) is 0 Å². The normalized spacial score (nSPS) is 10.5. The number of carbonyl (C=O) groups excluding carboxylic acids is 2. The van der Waals surface area contributed by atoms with Crippen LogP contribution < -0.4 is 0 Å². The summed E-state index contributed by atoms with van der Waals surface area (Å²) in [7, 11) is 3.24. The molecule has 1 rings (SSSR count). The Morgan fingerprint density at radius 1 is 1.19 bits per heavy atom. The largest absolute Gasteiger partial charge is 0.455 e. The molecule has 0 bridgehead atoms. The minimum absolute atomic E-state index is 0.153. The zero-order chi connectivity index (χ0) is 15.8. The van der Waals surface area contributed by atoms with E-state index >= 15 is 0 Å². The molecule has 0 N–H and O–H groups in total. The summed E-state index contributed by atoms with van der Waals surface area (Å²) in [5.41, 5.74) is 1.07. The molecule has 1 aromatic rings. The van der Waals surface area contributed by atoms with Gasteiger partial charge in [-0.1, -0.05) is 30.7 Å². The van der Waals surface area contributed by atoms with Gasteiger partial charge in [0.05, 0.1) is 6.54 Å². The van der Waals surface area contributed by atoms with Crippen molar-refractivity contribution in [1.29, 1.82) is 0 Å². The molecule has 6 heteroatoms. The van der Waals surface area contributed by atoms with Crippen molar-refractivity contribution >= 4 is 23.5 Å². The molecular formula is C15H21ClN2O3. The molecule has 21 heavy (non-hydrogen) atoms. The second-order valence-corrected chi connectivity index (χ2v) is 5.32. The summed E-state index contributed by atoms with van der Waals surface area (Å²) >= 11 is 5.84. The van der Waals surface area contributed by atoms with Gasteiger partial charge in [0.15, 0.2) is 6.61 Å². The van der Waals surface area contributed by atoms with Gasteiger partial charge in [0.2, 0.25) is 0 Å². The van der Waals surface area contributed by atoms with Crippen LogP contribution in [0.3, 0.4) is 0 Å². The first-order valence-electron chi connectivity index (χ1n) is 6.75. The first-order chi connectivity index (χ1) is 9.92. The van der Waals surface area contributed by atoms with Gasteiger partial charge in [0.1, 0.15) is 0 Å². The van der Waals surface area contributed by atoms with Crippen LogP contribution in [0.5, 0.6) is 0 Å². The van der Waals surface area contributed by atoms with Crippen LogP contribution in [0.1, 0.15) is 12.5 Å². The number of nitrogens with zero attached hydrogens (tertiary/aromatic N) is 2. The van der Waals surface area contributed by atoms with E-state index in [1.807, 2.05) is 36.1 Å². The number of benzene rings is 1. The second kappa shape index (κ2) is 8.64. The van der Waals surface area contributed by atoms with Crippen LogP contribution in [-0.2, 0) is 20.9 Å². The summed E-state index contributed by atoms with van der Waals surface area (Å²) in [6, 6.07) is 7.48. The molecule has 0 aliphatic rings. The molecule has 0 aliphatic heterocycles. The summed E-state index contributed by atoms with van der Waals surface area (Å²) in [6.07, 6.45) is 0. The van der Waals surface area contributed by atoms with E-state index in [4.69, 9.17) is 16.3 Å². The van der Waals surface area contributed by atoms with Crippen molar-refractivity contribution in [2.24, 2.45) is 0 Å². The third kappa shape index (κ3) is 6.60. The predicted molar refractivity (Wildman–Crippen MR) is 82.1 cm³/mol. The van der Waals surface area contributed by atoms with Crippen LogP contribution >= 0.6 is 11.6 Å². The summed E-state index contributed by atoms with van der Waals surface area (Å²) in [5.74, 6) is -0.634. The first kappa shape index (κ1) is 17.5. The molecule has 0 unspecified atom stereocenters. The summed E-state index contributed by atoms with van der Waals surface area (Å²) in [5, 5.41) is 0.684. The van der Waals surface area contributed by atoms with E-state index in [2.05, 4.69) is 0 Å². The molecule has 0 saturated carbocycles. The van der Waals surface area contributed by atoms with Gasteiger partial charge in [0.25, 0.3) is 5.91 Å². The number of hydrogen-bond acceptors (Lipinski definition) is 4. The summed E-state index contributed by atoms with van der Waals surface area (Å²) < 4.78 is 4.96. The highest BCUT2D eigenvalue weighted by Gasteiger charge is 2.13. The van der Waals surface area contributed by atoms with Crippen LogP contribution in [-0.4, -0.2) is 55.5 Å². The third-order valence-corrected chi connectivity index (χ3v) is 3.23. The minimum atomic E-state index is -0.402.